The number of nitrogens with zero attached hydrogens (tertiary/aromatic N) is 1. The minimum atomic E-state index is -0.977. The van der Waals surface area contributed by atoms with Gasteiger partial charge in [0.2, 0.25) is 0 Å². The van der Waals surface area contributed by atoms with Crippen molar-refractivity contribution in [2.24, 2.45) is 5.10 Å². The van der Waals surface area contributed by atoms with Gasteiger partial charge in [-0.05, 0) is 72.8 Å². The zero-order chi connectivity index (χ0) is 20.8. The third kappa shape index (κ3) is 5.26. The average Bonchev–Trinajstić information content (AvgIpc) is 3.17. The van der Waals surface area contributed by atoms with E-state index in [1.807, 2.05) is 6.92 Å². The lowest BCUT2D eigenvalue weighted by molar-refractivity contribution is 0.0696. The molecule has 2 aromatic carbocycles. The van der Waals surface area contributed by atoms with Crippen molar-refractivity contribution in [1.29, 1.82) is 0 Å². The number of aromatic carboxylic acids is 1. The number of carboxylic acids is 1. The number of carboxylic acid groups (broad SMARTS) is 1. The number of benzene rings is 2. The summed E-state index contributed by atoms with van der Waals surface area (Å²) in [5.74, 6) is 0.778. The van der Waals surface area contributed by atoms with Crippen LogP contribution in [0.2, 0.25) is 0 Å². The van der Waals surface area contributed by atoms with Crippen molar-refractivity contribution in [2.75, 3.05) is 7.11 Å². The van der Waals surface area contributed by atoms with E-state index in [0.717, 1.165) is 27.8 Å². The Morgan fingerprint density at radius 2 is 1.90 bits per heavy atom. The van der Waals surface area contributed by atoms with Crippen LogP contribution in [0.3, 0.4) is 0 Å². The molecule has 0 saturated heterocycles. The van der Waals surface area contributed by atoms with Gasteiger partial charge in [-0.15, -0.1) is 0 Å². The molecule has 0 bridgehead atoms. The van der Waals surface area contributed by atoms with Crippen LogP contribution < -0.4 is 10.2 Å². The highest BCUT2D eigenvalue weighted by Crippen LogP contribution is 2.26. The first-order valence-electron chi connectivity index (χ1n) is 8.55. The molecule has 3 aromatic rings. The number of hydrogen-bond acceptors (Lipinski definition) is 6. The minimum Gasteiger partial charge on any atom is -0.497 e. The number of thioether (sulfide) groups is 1. The highest BCUT2D eigenvalue weighted by atomic mass is 32.2. The van der Waals surface area contributed by atoms with Crippen LogP contribution in [0.4, 0.5) is 4.79 Å². The second kappa shape index (κ2) is 9.11. The van der Waals surface area contributed by atoms with Crippen molar-refractivity contribution in [1.82, 2.24) is 5.43 Å². The number of hydrogen-bond donors (Lipinski definition) is 2. The first-order valence-corrected chi connectivity index (χ1v) is 9.37. The van der Waals surface area contributed by atoms with Gasteiger partial charge in [-0.2, -0.15) is 5.10 Å². The van der Waals surface area contributed by atoms with E-state index in [4.69, 9.17) is 14.3 Å². The maximum atomic E-state index is 11.9. The van der Waals surface area contributed by atoms with Crippen LogP contribution in [0.5, 0.6) is 5.75 Å². The molecule has 29 heavy (non-hydrogen) atoms. The number of nitrogens with one attached hydrogen (secondary N) is 1. The predicted molar refractivity (Wildman–Crippen MR) is 111 cm³/mol. The summed E-state index contributed by atoms with van der Waals surface area (Å²) in [4.78, 5) is 23.7. The second-order valence-electron chi connectivity index (χ2n) is 5.97. The number of methoxy groups -OCH3 is 1. The van der Waals surface area contributed by atoms with Gasteiger partial charge in [0.15, 0.2) is 0 Å². The first kappa shape index (κ1) is 20.2. The Kier molecular flexibility index (Phi) is 6.36. The van der Waals surface area contributed by atoms with Crippen molar-refractivity contribution in [3.63, 3.8) is 0 Å². The van der Waals surface area contributed by atoms with Crippen molar-refractivity contribution in [2.45, 2.75) is 11.8 Å². The lowest BCUT2D eigenvalue weighted by Crippen LogP contribution is -2.10. The van der Waals surface area contributed by atoms with Crippen LogP contribution in [-0.4, -0.2) is 29.6 Å². The van der Waals surface area contributed by atoms with Crippen LogP contribution in [0.15, 0.2) is 69.0 Å². The number of hydrazone groups is 1. The quantitative estimate of drug-likeness (QED) is 0.344. The molecule has 8 heteroatoms. The highest BCUT2D eigenvalue weighted by molar-refractivity contribution is 8.13. The molecular weight excluding hydrogens is 392 g/mol. The fraction of sp³-hybridized carbons (Fsp3) is 0.0952. The zero-order valence-corrected chi connectivity index (χ0v) is 16.5. The van der Waals surface area contributed by atoms with Gasteiger partial charge in [0.25, 0.3) is 0 Å². The summed E-state index contributed by atoms with van der Waals surface area (Å²) < 4.78 is 10.8. The summed E-state index contributed by atoms with van der Waals surface area (Å²) in [6.45, 7) is 1.81. The van der Waals surface area contributed by atoms with Gasteiger partial charge in [-0.25, -0.2) is 10.2 Å². The van der Waals surface area contributed by atoms with Gasteiger partial charge in [0.05, 0.1) is 18.9 Å². The number of aryl methyl sites for hydroxylation is 1. The van der Waals surface area contributed by atoms with E-state index < -0.39 is 5.97 Å². The highest BCUT2D eigenvalue weighted by Gasteiger charge is 2.10. The molecule has 0 aliphatic carbocycles. The van der Waals surface area contributed by atoms with E-state index in [1.165, 1.54) is 12.3 Å². The Hall–Kier alpha value is -3.52. The van der Waals surface area contributed by atoms with Crippen LogP contribution in [-0.2, 0) is 0 Å². The predicted octanol–water partition coefficient (Wildman–Crippen LogP) is 4.80. The molecular formula is C21H18N2O5S. The van der Waals surface area contributed by atoms with E-state index in [-0.39, 0.29) is 10.8 Å². The third-order valence-electron chi connectivity index (χ3n) is 3.98. The molecule has 1 amide bonds. The molecule has 2 N–H and O–H groups in total. The van der Waals surface area contributed by atoms with Crippen LogP contribution in [0, 0.1) is 6.92 Å². The standard InChI is InChI=1S/C21H18N2O5S/c1-13-11-14(20(24)25)3-9-18(13)19-10-6-16(28-19)12-22-23-21(26)29-17-7-4-15(27-2)5-8-17/h3-12H,1-2H3,(H,23,26)(H,24,25)/b22-12+. The summed E-state index contributed by atoms with van der Waals surface area (Å²) >= 11 is 1.01. The Labute approximate surface area is 171 Å². The molecule has 1 aromatic heterocycles. The summed E-state index contributed by atoms with van der Waals surface area (Å²) in [5.41, 5.74) is 4.21. The SMILES string of the molecule is COc1ccc(SC(=O)N/N=C/c2ccc(-c3ccc(C(=O)O)cc3C)o2)cc1. The van der Waals surface area contributed by atoms with Crippen LogP contribution >= 0.6 is 11.8 Å². The molecule has 7 nitrogen and oxygen atoms in total. The van der Waals surface area contributed by atoms with Crippen molar-refractivity contribution in [3.05, 3.63) is 71.5 Å². The van der Waals surface area contributed by atoms with E-state index in [9.17, 15) is 9.59 Å². The molecule has 0 atom stereocenters. The van der Waals surface area contributed by atoms with Gasteiger partial charge in [0.1, 0.15) is 17.3 Å². The molecule has 0 fully saturated rings. The molecule has 0 saturated carbocycles. The van der Waals surface area contributed by atoms with E-state index >= 15 is 0 Å². The third-order valence-corrected chi connectivity index (χ3v) is 4.77. The van der Waals surface area contributed by atoms with Gasteiger partial charge in [-0.3, -0.25) is 4.79 Å². The number of ether oxygens (including phenoxy) is 1. The van der Waals surface area contributed by atoms with Gasteiger partial charge < -0.3 is 14.3 Å². The van der Waals surface area contributed by atoms with Crippen molar-refractivity contribution >= 4 is 29.2 Å². The Bertz CT molecular complexity index is 1060. The molecule has 1 heterocycles. The zero-order valence-electron chi connectivity index (χ0n) is 15.7. The number of carbonyl (C=O) groups excluding carboxylic acids is 1. The van der Waals surface area contributed by atoms with Crippen LogP contribution in [0.25, 0.3) is 11.3 Å². The fourth-order valence-electron chi connectivity index (χ4n) is 2.56. The summed E-state index contributed by atoms with van der Waals surface area (Å²) in [5, 5.41) is 12.6. The summed E-state index contributed by atoms with van der Waals surface area (Å²) in [7, 11) is 1.58. The molecule has 148 valence electrons. The van der Waals surface area contributed by atoms with Crippen molar-refractivity contribution < 1.29 is 23.8 Å². The average molecular weight is 410 g/mol. The smallest absolute Gasteiger partial charge is 0.335 e. The maximum absolute atomic E-state index is 11.9. The lowest BCUT2D eigenvalue weighted by Gasteiger charge is -2.04. The molecule has 0 aliphatic heterocycles. The van der Waals surface area contributed by atoms with Gasteiger partial charge in [-0.1, -0.05) is 6.07 Å². The topological polar surface area (TPSA) is 101 Å². The van der Waals surface area contributed by atoms with Crippen LogP contribution in [0.1, 0.15) is 21.7 Å². The lowest BCUT2D eigenvalue weighted by atomic mass is 10.0. The Morgan fingerprint density at radius 3 is 2.55 bits per heavy atom. The Morgan fingerprint density at radius 1 is 1.14 bits per heavy atom. The summed E-state index contributed by atoms with van der Waals surface area (Å²) in [6, 6.07) is 15.4. The fourth-order valence-corrected chi connectivity index (χ4v) is 3.15. The first-order chi connectivity index (χ1) is 14.0. The molecule has 3 rings (SSSR count). The molecule has 0 spiro atoms. The minimum absolute atomic E-state index is 0.219. The number of carbonyl (C=O) groups is 2. The molecule has 0 radical (unpaired) electrons. The Balaban J connectivity index is 1.60. The normalized spacial score (nSPS) is 10.8. The van der Waals surface area contributed by atoms with Crippen molar-refractivity contribution in [3.8, 4) is 17.1 Å². The molecule has 0 aliphatic rings. The number of rotatable bonds is 6. The van der Waals surface area contributed by atoms with E-state index in [0.29, 0.717) is 17.3 Å². The largest absolute Gasteiger partial charge is 0.497 e. The van der Waals surface area contributed by atoms with Gasteiger partial charge in [0, 0.05) is 10.5 Å². The number of amides is 1. The van der Waals surface area contributed by atoms with E-state index in [1.54, 1.807) is 55.6 Å². The van der Waals surface area contributed by atoms with Gasteiger partial charge >= 0.3 is 11.2 Å². The maximum Gasteiger partial charge on any atom is 0.335 e. The molecule has 0 unspecified atom stereocenters. The summed E-state index contributed by atoms with van der Waals surface area (Å²) in [6.07, 6.45) is 1.40. The van der Waals surface area contributed by atoms with E-state index in [2.05, 4.69) is 10.5 Å². The number of furan rings is 1. The second-order valence-corrected chi connectivity index (χ2v) is 7.02. The monoisotopic (exact) mass is 410 g/mol.